The molecule has 0 aliphatic heterocycles. The molecule has 5 aromatic carbocycles. The second-order valence-corrected chi connectivity index (χ2v) is 10.3. The van der Waals surface area contributed by atoms with E-state index >= 15 is 0 Å². The van der Waals surface area contributed by atoms with Crippen molar-refractivity contribution >= 4 is 82.7 Å². The molecule has 4 aromatic heterocycles. The van der Waals surface area contributed by atoms with Crippen molar-refractivity contribution in [1.29, 1.82) is 0 Å². The van der Waals surface area contributed by atoms with E-state index in [2.05, 4.69) is 88.7 Å². The number of benzene rings is 5. The lowest BCUT2D eigenvalue weighted by atomic mass is 10.0. The van der Waals surface area contributed by atoms with Crippen molar-refractivity contribution < 1.29 is 8.83 Å². The molecule has 0 aliphatic rings. The van der Waals surface area contributed by atoms with Gasteiger partial charge in [0.1, 0.15) is 16.7 Å². The normalized spacial score (nSPS) is 11.9. The zero-order chi connectivity index (χ0) is 26.9. The van der Waals surface area contributed by atoms with Gasteiger partial charge < -0.3 is 13.7 Å². The number of para-hydroxylation sites is 1. The molecule has 4 heterocycles. The van der Waals surface area contributed by atoms with E-state index in [9.17, 15) is 0 Å². The van der Waals surface area contributed by atoms with Crippen LogP contribution in [0.2, 0.25) is 0 Å². The van der Waals surface area contributed by atoms with Crippen LogP contribution in [0.4, 0.5) is 17.1 Å². The van der Waals surface area contributed by atoms with Crippen LogP contribution in [-0.2, 0) is 0 Å². The van der Waals surface area contributed by atoms with Crippen LogP contribution < -0.4 is 4.90 Å². The lowest BCUT2D eigenvalue weighted by molar-refractivity contribution is 0.654. The minimum absolute atomic E-state index is 0.625. The van der Waals surface area contributed by atoms with E-state index in [1.807, 2.05) is 42.6 Å². The number of aromatic nitrogens is 2. The summed E-state index contributed by atoms with van der Waals surface area (Å²) in [6, 6.07) is 39.9. The fourth-order valence-electron chi connectivity index (χ4n) is 6.03. The lowest BCUT2D eigenvalue weighted by Gasteiger charge is -2.25. The van der Waals surface area contributed by atoms with Gasteiger partial charge in [0.25, 0.3) is 0 Å². The number of nitrogens with zero attached hydrogens (tertiary/aromatic N) is 3. The Morgan fingerprint density at radius 3 is 2.17 bits per heavy atom. The highest BCUT2D eigenvalue weighted by molar-refractivity contribution is 6.10. The van der Waals surface area contributed by atoms with E-state index in [1.165, 1.54) is 21.5 Å². The first kappa shape index (κ1) is 22.2. The molecule has 0 saturated carbocycles. The van der Waals surface area contributed by atoms with E-state index in [1.54, 1.807) is 6.20 Å². The lowest BCUT2D eigenvalue weighted by Crippen LogP contribution is -2.10. The van der Waals surface area contributed by atoms with Crippen molar-refractivity contribution in [3.05, 3.63) is 128 Å². The summed E-state index contributed by atoms with van der Waals surface area (Å²) in [6.45, 7) is 0. The summed E-state index contributed by atoms with van der Waals surface area (Å²) < 4.78 is 12.1. The largest absolute Gasteiger partial charge is 0.454 e. The predicted molar refractivity (Wildman–Crippen MR) is 166 cm³/mol. The van der Waals surface area contributed by atoms with Gasteiger partial charge in [0.2, 0.25) is 5.71 Å². The Morgan fingerprint density at radius 1 is 0.463 bits per heavy atom. The number of pyridine rings is 2. The van der Waals surface area contributed by atoms with Crippen LogP contribution >= 0.6 is 0 Å². The fourth-order valence-corrected chi connectivity index (χ4v) is 6.03. The zero-order valence-corrected chi connectivity index (χ0v) is 21.8. The van der Waals surface area contributed by atoms with Gasteiger partial charge in [0, 0.05) is 28.3 Å². The van der Waals surface area contributed by atoms with Crippen molar-refractivity contribution in [2.75, 3.05) is 4.90 Å². The first-order chi connectivity index (χ1) is 20.3. The summed E-state index contributed by atoms with van der Waals surface area (Å²) in [5.74, 6) is 0. The average molecular weight is 528 g/mol. The highest BCUT2D eigenvalue weighted by atomic mass is 16.3. The Labute approximate surface area is 233 Å². The van der Waals surface area contributed by atoms with E-state index in [0.717, 1.165) is 55.5 Å². The van der Waals surface area contributed by atoms with Crippen molar-refractivity contribution in [3.63, 3.8) is 0 Å². The molecule has 0 aliphatic carbocycles. The number of hydrogen-bond donors (Lipinski definition) is 0. The van der Waals surface area contributed by atoms with Crippen LogP contribution in [0.5, 0.6) is 0 Å². The molecular formula is C36H21N3O2. The SMILES string of the molecule is c1ccc2c(c1)ccc1cc(N(c3cnc4oc5ccccc5c4c3)c3ccc4oc5cccnc5c4c3)ccc12. The van der Waals surface area contributed by atoms with E-state index in [-0.39, 0.29) is 0 Å². The number of furan rings is 2. The molecule has 5 nitrogen and oxygen atoms in total. The third-order valence-corrected chi connectivity index (χ3v) is 7.93. The van der Waals surface area contributed by atoms with E-state index < -0.39 is 0 Å². The maximum absolute atomic E-state index is 6.09. The quantitative estimate of drug-likeness (QED) is 0.214. The summed E-state index contributed by atoms with van der Waals surface area (Å²) in [5, 5.41) is 7.86. The van der Waals surface area contributed by atoms with E-state index in [0.29, 0.717) is 5.71 Å². The first-order valence-electron chi connectivity index (χ1n) is 13.6. The summed E-state index contributed by atoms with van der Waals surface area (Å²) >= 11 is 0. The van der Waals surface area contributed by atoms with Gasteiger partial charge >= 0.3 is 0 Å². The molecule has 192 valence electrons. The molecule has 0 radical (unpaired) electrons. The monoisotopic (exact) mass is 527 g/mol. The molecular weight excluding hydrogens is 506 g/mol. The number of fused-ring (bicyclic) bond motifs is 9. The van der Waals surface area contributed by atoms with Gasteiger partial charge in [-0.25, -0.2) is 4.98 Å². The van der Waals surface area contributed by atoms with Gasteiger partial charge in [-0.15, -0.1) is 0 Å². The summed E-state index contributed by atoms with van der Waals surface area (Å²) in [7, 11) is 0. The molecule has 9 rings (SSSR count). The van der Waals surface area contributed by atoms with Crippen LogP contribution in [0.1, 0.15) is 0 Å². The average Bonchev–Trinajstić information content (AvgIpc) is 3.59. The summed E-state index contributed by atoms with van der Waals surface area (Å²) in [4.78, 5) is 11.6. The molecule has 5 heteroatoms. The van der Waals surface area contributed by atoms with Gasteiger partial charge in [-0.05, 0) is 76.1 Å². The molecule has 0 unspecified atom stereocenters. The fraction of sp³-hybridized carbons (Fsp3) is 0. The van der Waals surface area contributed by atoms with Crippen molar-refractivity contribution in [2.45, 2.75) is 0 Å². The Balaban J connectivity index is 1.31. The third-order valence-electron chi connectivity index (χ3n) is 7.93. The Morgan fingerprint density at radius 2 is 1.20 bits per heavy atom. The standard InChI is InChI=1S/C36H21N3O2/c1-2-7-27-22(6-1)11-12-23-18-24(13-15-28(23)27)39(25-14-16-33-31(19-25)35-34(40-33)10-5-17-37-35)26-20-30-29-8-3-4-9-32(29)41-36(30)38-21-26/h1-21H. The maximum Gasteiger partial charge on any atom is 0.227 e. The number of hydrogen-bond acceptors (Lipinski definition) is 5. The molecule has 0 amide bonds. The van der Waals surface area contributed by atoms with Gasteiger partial charge in [-0.3, -0.25) is 4.98 Å². The molecule has 41 heavy (non-hydrogen) atoms. The Hall–Kier alpha value is -5.68. The molecule has 0 atom stereocenters. The topological polar surface area (TPSA) is 55.3 Å². The third kappa shape index (κ3) is 3.36. The highest BCUT2D eigenvalue weighted by Crippen LogP contribution is 2.41. The van der Waals surface area contributed by atoms with Gasteiger partial charge in [0.05, 0.1) is 17.3 Å². The zero-order valence-electron chi connectivity index (χ0n) is 21.8. The van der Waals surface area contributed by atoms with Crippen LogP contribution in [0.25, 0.3) is 65.7 Å². The summed E-state index contributed by atoms with van der Waals surface area (Å²) in [6.07, 6.45) is 3.68. The molecule has 0 fully saturated rings. The molecule has 0 saturated heterocycles. The van der Waals surface area contributed by atoms with Crippen LogP contribution in [-0.4, -0.2) is 9.97 Å². The molecule has 9 aromatic rings. The van der Waals surface area contributed by atoms with Crippen LogP contribution in [0, 0.1) is 0 Å². The van der Waals surface area contributed by atoms with E-state index in [4.69, 9.17) is 13.8 Å². The Kier molecular flexibility index (Phi) is 4.55. The Bertz CT molecular complexity index is 2340. The van der Waals surface area contributed by atoms with Crippen LogP contribution in [0.15, 0.2) is 136 Å². The second-order valence-electron chi connectivity index (χ2n) is 10.3. The molecule has 0 N–H and O–H groups in total. The van der Waals surface area contributed by atoms with Crippen molar-refractivity contribution in [3.8, 4) is 0 Å². The second kappa shape index (κ2) is 8.41. The number of rotatable bonds is 3. The van der Waals surface area contributed by atoms with Crippen LogP contribution in [0.3, 0.4) is 0 Å². The number of anilines is 3. The van der Waals surface area contributed by atoms with Gasteiger partial charge in [-0.1, -0.05) is 60.7 Å². The highest BCUT2D eigenvalue weighted by Gasteiger charge is 2.19. The minimum Gasteiger partial charge on any atom is -0.454 e. The predicted octanol–water partition coefficient (Wildman–Crippen LogP) is 10.1. The first-order valence-corrected chi connectivity index (χ1v) is 13.6. The van der Waals surface area contributed by atoms with Crippen molar-refractivity contribution in [1.82, 2.24) is 9.97 Å². The smallest absolute Gasteiger partial charge is 0.227 e. The maximum atomic E-state index is 6.09. The molecule has 0 spiro atoms. The van der Waals surface area contributed by atoms with Gasteiger partial charge in [-0.2, -0.15) is 0 Å². The minimum atomic E-state index is 0.625. The van der Waals surface area contributed by atoms with Crippen molar-refractivity contribution in [2.24, 2.45) is 0 Å². The molecule has 0 bridgehead atoms. The van der Waals surface area contributed by atoms with Gasteiger partial charge in [0.15, 0.2) is 5.58 Å². The summed E-state index contributed by atoms with van der Waals surface area (Å²) in [5.41, 5.74) is 6.84.